The van der Waals surface area contributed by atoms with E-state index in [0.29, 0.717) is 22.6 Å². The van der Waals surface area contributed by atoms with Gasteiger partial charge in [-0.05, 0) is 24.1 Å². The van der Waals surface area contributed by atoms with Gasteiger partial charge in [-0.2, -0.15) is 0 Å². The van der Waals surface area contributed by atoms with E-state index < -0.39 is 9.84 Å². The molecule has 15 heavy (non-hydrogen) atoms. The second-order valence-corrected chi connectivity index (χ2v) is 5.45. The third kappa shape index (κ3) is 1.69. The Labute approximate surface area is 92.9 Å². The molecule has 0 saturated carbocycles. The first-order chi connectivity index (χ1) is 7.06. The summed E-state index contributed by atoms with van der Waals surface area (Å²) in [6.07, 6.45) is 0.302. The summed E-state index contributed by atoms with van der Waals surface area (Å²) in [5.41, 5.74) is 1.12. The monoisotopic (exact) mass is 244 g/mol. The maximum absolute atomic E-state index is 11.7. The number of fused-ring (bicyclic) bond motifs is 1. The third-order valence-electron chi connectivity index (χ3n) is 2.28. The van der Waals surface area contributed by atoms with Crippen molar-refractivity contribution in [3.8, 4) is 0 Å². The summed E-state index contributed by atoms with van der Waals surface area (Å²) in [4.78, 5) is 0.235. The van der Waals surface area contributed by atoms with Crippen LogP contribution in [0.5, 0.6) is 0 Å². The van der Waals surface area contributed by atoms with Crippen molar-refractivity contribution in [2.45, 2.75) is 11.3 Å². The molecule has 0 spiro atoms. The highest BCUT2D eigenvalue weighted by atomic mass is 35.5. The molecule has 3 nitrogen and oxygen atoms in total. The first-order valence-corrected chi connectivity index (χ1v) is 6.34. The Bertz CT molecular complexity index is 532. The van der Waals surface area contributed by atoms with E-state index in [2.05, 4.69) is 0 Å². The van der Waals surface area contributed by atoms with Gasteiger partial charge in [0.25, 0.3) is 0 Å². The molecule has 0 bridgehead atoms. The lowest BCUT2D eigenvalue weighted by atomic mass is 10.1. The van der Waals surface area contributed by atoms with Gasteiger partial charge in [0.15, 0.2) is 0 Å². The summed E-state index contributed by atoms with van der Waals surface area (Å²) in [6, 6.07) is 4.78. The van der Waals surface area contributed by atoms with Crippen molar-refractivity contribution in [2.75, 3.05) is 6.61 Å². The number of hydrogen-bond acceptors (Lipinski definition) is 3. The normalized spacial score (nSPS) is 17.3. The number of sulfone groups is 1. The molecule has 0 saturated heterocycles. The molecule has 1 aliphatic rings. The maximum Gasteiger partial charge on any atom is 0.200 e. The smallest absolute Gasteiger partial charge is 0.200 e. The zero-order valence-corrected chi connectivity index (χ0v) is 9.35. The second kappa shape index (κ2) is 3.63. The molecule has 0 amide bonds. The molecule has 1 heterocycles. The van der Waals surface area contributed by atoms with E-state index in [9.17, 15) is 8.42 Å². The summed E-state index contributed by atoms with van der Waals surface area (Å²) < 4.78 is 23.3. The highest BCUT2D eigenvalue weighted by Crippen LogP contribution is 2.39. The molecule has 1 N–H and O–H groups in total. The lowest BCUT2D eigenvalue weighted by Gasteiger charge is -2.04. The minimum atomic E-state index is -3.36. The number of halogens is 1. The van der Waals surface area contributed by atoms with Crippen molar-refractivity contribution < 1.29 is 13.5 Å². The fourth-order valence-electron chi connectivity index (χ4n) is 1.67. The Balaban J connectivity index is 2.69. The van der Waals surface area contributed by atoms with Crippen molar-refractivity contribution in [1.29, 1.82) is 0 Å². The molecule has 2 rings (SSSR count). The van der Waals surface area contributed by atoms with Crippen LogP contribution in [0.2, 0.25) is 5.02 Å². The van der Waals surface area contributed by atoms with E-state index in [1.807, 2.05) is 0 Å². The molecule has 80 valence electrons. The van der Waals surface area contributed by atoms with Gasteiger partial charge in [0, 0.05) is 22.6 Å². The summed E-state index contributed by atoms with van der Waals surface area (Å²) >= 11 is 5.94. The van der Waals surface area contributed by atoms with Crippen LogP contribution >= 0.6 is 11.6 Å². The van der Waals surface area contributed by atoms with Crippen LogP contribution in [-0.4, -0.2) is 20.1 Å². The fourth-order valence-corrected chi connectivity index (χ4v) is 3.55. The molecule has 0 unspecified atom stereocenters. The van der Waals surface area contributed by atoms with Crippen molar-refractivity contribution >= 4 is 27.0 Å². The van der Waals surface area contributed by atoms with E-state index in [1.165, 1.54) is 11.5 Å². The van der Waals surface area contributed by atoms with Gasteiger partial charge < -0.3 is 5.11 Å². The summed E-state index contributed by atoms with van der Waals surface area (Å²) in [5.74, 6) is 0. The Morgan fingerprint density at radius 3 is 2.73 bits per heavy atom. The van der Waals surface area contributed by atoms with Crippen LogP contribution in [0.15, 0.2) is 28.5 Å². The molecule has 1 aliphatic heterocycles. The minimum absolute atomic E-state index is 0.0913. The first-order valence-electron chi connectivity index (χ1n) is 4.41. The van der Waals surface area contributed by atoms with E-state index in [-0.39, 0.29) is 11.5 Å². The number of aliphatic hydroxyl groups is 1. The zero-order valence-electron chi connectivity index (χ0n) is 7.77. The molecule has 0 aromatic heterocycles. The Kier molecular flexibility index (Phi) is 2.58. The van der Waals surface area contributed by atoms with Gasteiger partial charge in [0.05, 0.1) is 4.90 Å². The SMILES string of the molecule is O=S1(=O)C=C(CCO)c2c(Cl)cccc21. The topological polar surface area (TPSA) is 54.4 Å². The molecule has 0 aliphatic carbocycles. The molecule has 1 aromatic rings. The lowest BCUT2D eigenvalue weighted by molar-refractivity contribution is 0.305. The van der Waals surface area contributed by atoms with Crippen LogP contribution in [0.3, 0.4) is 0 Å². The average Bonchev–Trinajstić information content (AvgIpc) is 2.41. The van der Waals surface area contributed by atoms with E-state index in [0.717, 1.165) is 0 Å². The summed E-state index contributed by atoms with van der Waals surface area (Å²) in [7, 11) is -3.36. The minimum Gasteiger partial charge on any atom is -0.396 e. The Morgan fingerprint density at radius 1 is 1.33 bits per heavy atom. The van der Waals surface area contributed by atoms with Crippen molar-refractivity contribution in [3.05, 3.63) is 34.2 Å². The summed E-state index contributed by atoms with van der Waals surface area (Å²) in [6.45, 7) is -0.0913. The van der Waals surface area contributed by atoms with Crippen molar-refractivity contribution in [3.63, 3.8) is 0 Å². The highest BCUT2D eigenvalue weighted by molar-refractivity contribution is 7.95. The van der Waals surface area contributed by atoms with Crippen molar-refractivity contribution in [2.24, 2.45) is 0 Å². The average molecular weight is 245 g/mol. The molecule has 1 aromatic carbocycles. The van der Waals surface area contributed by atoms with E-state index in [1.54, 1.807) is 12.1 Å². The van der Waals surface area contributed by atoms with E-state index >= 15 is 0 Å². The molecule has 0 radical (unpaired) electrons. The molecule has 0 fully saturated rings. The van der Waals surface area contributed by atoms with Gasteiger partial charge in [0.1, 0.15) is 0 Å². The Morgan fingerprint density at radius 2 is 2.07 bits per heavy atom. The van der Waals surface area contributed by atoms with Crippen LogP contribution < -0.4 is 0 Å². The zero-order chi connectivity index (χ0) is 11.1. The third-order valence-corrected chi connectivity index (χ3v) is 4.14. The molecular weight excluding hydrogens is 236 g/mol. The van der Waals surface area contributed by atoms with E-state index in [4.69, 9.17) is 16.7 Å². The van der Waals surface area contributed by atoms with Crippen molar-refractivity contribution in [1.82, 2.24) is 0 Å². The van der Waals surface area contributed by atoms with Crippen LogP contribution in [-0.2, 0) is 9.84 Å². The van der Waals surface area contributed by atoms with Crippen LogP contribution in [0.1, 0.15) is 12.0 Å². The van der Waals surface area contributed by atoms with Crippen LogP contribution in [0.4, 0.5) is 0 Å². The molecular formula is C10H9ClO3S. The van der Waals surface area contributed by atoms with Gasteiger partial charge in [-0.25, -0.2) is 8.42 Å². The molecule has 5 heteroatoms. The summed E-state index contributed by atoms with van der Waals surface area (Å²) in [5, 5.41) is 10.4. The van der Waals surface area contributed by atoms with Gasteiger partial charge in [-0.1, -0.05) is 17.7 Å². The largest absolute Gasteiger partial charge is 0.396 e. The molecule has 0 atom stereocenters. The number of aliphatic hydroxyl groups excluding tert-OH is 1. The standard InChI is InChI=1S/C10H9ClO3S/c11-8-2-1-3-9-10(8)7(4-5-12)6-15(9,13)14/h1-3,6,12H,4-5H2. The fraction of sp³-hybridized carbons (Fsp3) is 0.200. The number of benzene rings is 1. The van der Waals surface area contributed by atoms with Gasteiger partial charge >= 0.3 is 0 Å². The lowest BCUT2D eigenvalue weighted by Crippen LogP contribution is -1.93. The number of rotatable bonds is 2. The quantitative estimate of drug-likeness (QED) is 0.864. The highest BCUT2D eigenvalue weighted by Gasteiger charge is 2.28. The number of hydrogen-bond donors (Lipinski definition) is 1. The van der Waals surface area contributed by atoms with Crippen LogP contribution in [0.25, 0.3) is 5.57 Å². The van der Waals surface area contributed by atoms with Gasteiger partial charge in [-0.3, -0.25) is 0 Å². The van der Waals surface area contributed by atoms with Gasteiger partial charge in [0.2, 0.25) is 9.84 Å². The predicted molar refractivity (Wildman–Crippen MR) is 58.3 cm³/mol. The van der Waals surface area contributed by atoms with Crippen LogP contribution in [0, 0.1) is 0 Å². The Hall–Kier alpha value is -0.840. The van der Waals surface area contributed by atoms with Gasteiger partial charge in [-0.15, -0.1) is 0 Å². The predicted octanol–water partition coefficient (Wildman–Crippen LogP) is 1.85. The first kappa shape index (κ1) is 10.7. The second-order valence-electron chi connectivity index (χ2n) is 3.27. The maximum atomic E-state index is 11.7.